The second-order valence-corrected chi connectivity index (χ2v) is 5.44. The van der Waals surface area contributed by atoms with Gasteiger partial charge < -0.3 is 15.2 Å². The van der Waals surface area contributed by atoms with E-state index < -0.39 is 0 Å². The maximum atomic E-state index is 12.3. The van der Waals surface area contributed by atoms with Crippen LogP contribution in [-0.4, -0.2) is 29.0 Å². The summed E-state index contributed by atoms with van der Waals surface area (Å²) in [4.78, 5) is 17.5. The molecular weight excluding hydrogens is 262 g/mol. The first-order valence-electron chi connectivity index (χ1n) is 7.56. The molecule has 0 spiro atoms. The minimum absolute atomic E-state index is 0.0445. The highest BCUT2D eigenvalue weighted by Gasteiger charge is 2.30. The third-order valence-electron chi connectivity index (χ3n) is 4.03. The number of urea groups is 1. The second-order valence-electron chi connectivity index (χ2n) is 5.44. The van der Waals surface area contributed by atoms with Crippen LogP contribution < -0.4 is 5.32 Å². The van der Waals surface area contributed by atoms with Gasteiger partial charge in [-0.3, -0.25) is 0 Å². The van der Waals surface area contributed by atoms with E-state index in [1.165, 1.54) is 5.56 Å². The highest BCUT2D eigenvalue weighted by Crippen LogP contribution is 2.30. The van der Waals surface area contributed by atoms with Crippen molar-refractivity contribution in [1.82, 2.24) is 15.2 Å². The van der Waals surface area contributed by atoms with Gasteiger partial charge in [0, 0.05) is 25.0 Å². The number of aromatic amines is 1. The maximum absolute atomic E-state index is 12.3. The predicted molar refractivity (Wildman–Crippen MR) is 83.0 cm³/mol. The van der Waals surface area contributed by atoms with Crippen molar-refractivity contribution in [3.8, 4) is 0 Å². The van der Waals surface area contributed by atoms with Crippen LogP contribution in [0.5, 0.6) is 0 Å². The molecule has 110 valence electrons. The van der Waals surface area contributed by atoms with Gasteiger partial charge in [0.1, 0.15) is 0 Å². The molecule has 0 saturated carbocycles. The Morgan fingerprint density at radius 2 is 2.10 bits per heavy atom. The Kier molecular flexibility index (Phi) is 4.24. The zero-order valence-electron chi connectivity index (χ0n) is 12.1. The predicted octanol–water partition coefficient (Wildman–Crippen LogP) is 3.10. The van der Waals surface area contributed by atoms with Crippen LogP contribution in [0.4, 0.5) is 4.79 Å². The molecule has 0 aliphatic carbocycles. The molecule has 4 nitrogen and oxygen atoms in total. The highest BCUT2D eigenvalue weighted by atomic mass is 16.2. The Morgan fingerprint density at radius 1 is 1.24 bits per heavy atom. The van der Waals surface area contributed by atoms with Crippen molar-refractivity contribution in [2.45, 2.75) is 25.3 Å². The third kappa shape index (κ3) is 3.27. The number of likely N-dealkylation sites (tertiary alicyclic amines) is 1. The SMILES string of the molecule is O=C(NCCc1ccccc1)N1CCC[C@H]1c1ccc[nH]1. The maximum Gasteiger partial charge on any atom is 0.317 e. The van der Waals surface area contributed by atoms with Gasteiger partial charge >= 0.3 is 6.03 Å². The summed E-state index contributed by atoms with van der Waals surface area (Å²) >= 11 is 0. The Bertz CT molecular complexity index is 565. The Hall–Kier alpha value is -2.23. The summed E-state index contributed by atoms with van der Waals surface area (Å²) in [6.07, 6.45) is 4.88. The lowest BCUT2D eigenvalue weighted by Crippen LogP contribution is -2.40. The fraction of sp³-hybridized carbons (Fsp3) is 0.353. The van der Waals surface area contributed by atoms with Gasteiger partial charge in [-0.25, -0.2) is 4.79 Å². The van der Waals surface area contributed by atoms with Crippen LogP contribution in [0.1, 0.15) is 30.1 Å². The van der Waals surface area contributed by atoms with Crippen molar-refractivity contribution >= 4 is 6.03 Å². The number of carbonyl (C=O) groups is 1. The van der Waals surface area contributed by atoms with Gasteiger partial charge in [-0.15, -0.1) is 0 Å². The first-order valence-corrected chi connectivity index (χ1v) is 7.56. The quantitative estimate of drug-likeness (QED) is 0.890. The average Bonchev–Trinajstić information content (AvgIpc) is 3.19. The molecule has 1 atom stereocenters. The largest absolute Gasteiger partial charge is 0.363 e. The molecule has 0 bridgehead atoms. The van der Waals surface area contributed by atoms with Gasteiger partial charge in [0.2, 0.25) is 0 Å². The number of H-pyrrole nitrogens is 1. The molecule has 2 aromatic rings. The molecule has 1 aliphatic heterocycles. The van der Waals surface area contributed by atoms with Crippen LogP contribution in [0.15, 0.2) is 48.7 Å². The highest BCUT2D eigenvalue weighted by molar-refractivity contribution is 5.75. The number of benzene rings is 1. The number of amides is 2. The molecule has 1 fully saturated rings. The molecular formula is C17H21N3O. The van der Waals surface area contributed by atoms with Gasteiger partial charge in [-0.2, -0.15) is 0 Å². The molecule has 3 rings (SSSR count). The standard InChI is InChI=1S/C17H21N3O/c21-17(19-12-10-14-6-2-1-3-7-14)20-13-5-9-16(20)15-8-4-11-18-15/h1-4,6-8,11,16,18H,5,9-10,12-13H2,(H,19,21)/t16-/m0/s1. The summed E-state index contributed by atoms with van der Waals surface area (Å²) in [7, 11) is 0. The van der Waals surface area contributed by atoms with Gasteiger partial charge in [0.15, 0.2) is 0 Å². The molecule has 1 aromatic carbocycles. The molecule has 21 heavy (non-hydrogen) atoms. The van der Waals surface area contributed by atoms with Crippen molar-refractivity contribution in [1.29, 1.82) is 0 Å². The van der Waals surface area contributed by atoms with Crippen molar-refractivity contribution in [3.63, 3.8) is 0 Å². The van der Waals surface area contributed by atoms with Crippen molar-refractivity contribution < 1.29 is 4.79 Å². The lowest BCUT2D eigenvalue weighted by molar-refractivity contribution is 0.192. The fourth-order valence-corrected chi connectivity index (χ4v) is 2.94. The zero-order valence-corrected chi connectivity index (χ0v) is 12.1. The van der Waals surface area contributed by atoms with Gasteiger partial charge in [0.25, 0.3) is 0 Å². The third-order valence-corrected chi connectivity index (χ3v) is 4.03. The molecule has 1 aromatic heterocycles. The van der Waals surface area contributed by atoms with Gasteiger partial charge in [-0.05, 0) is 37.0 Å². The Labute approximate surface area is 125 Å². The van der Waals surface area contributed by atoms with Gasteiger partial charge in [-0.1, -0.05) is 30.3 Å². The number of carbonyl (C=O) groups excluding carboxylic acids is 1. The van der Waals surface area contributed by atoms with Crippen LogP contribution in [0.3, 0.4) is 0 Å². The van der Waals surface area contributed by atoms with E-state index in [4.69, 9.17) is 0 Å². The lowest BCUT2D eigenvalue weighted by Gasteiger charge is -2.24. The summed E-state index contributed by atoms with van der Waals surface area (Å²) in [5.41, 5.74) is 2.38. The first-order chi connectivity index (χ1) is 10.3. The molecule has 0 unspecified atom stereocenters. The lowest BCUT2D eigenvalue weighted by atomic mass is 10.1. The van der Waals surface area contributed by atoms with E-state index in [0.29, 0.717) is 6.54 Å². The van der Waals surface area contributed by atoms with Crippen molar-refractivity contribution in [2.24, 2.45) is 0 Å². The van der Waals surface area contributed by atoms with E-state index >= 15 is 0 Å². The Morgan fingerprint density at radius 3 is 2.86 bits per heavy atom. The Balaban J connectivity index is 1.53. The molecule has 2 N–H and O–H groups in total. The zero-order chi connectivity index (χ0) is 14.5. The van der Waals surface area contributed by atoms with Crippen LogP contribution in [-0.2, 0) is 6.42 Å². The molecule has 2 heterocycles. The van der Waals surface area contributed by atoms with E-state index in [2.05, 4.69) is 28.5 Å². The van der Waals surface area contributed by atoms with E-state index in [1.54, 1.807) is 0 Å². The number of hydrogen-bond acceptors (Lipinski definition) is 1. The number of rotatable bonds is 4. The average molecular weight is 283 g/mol. The molecule has 1 saturated heterocycles. The second kappa shape index (κ2) is 6.48. The molecule has 4 heteroatoms. The van der Waals surface area contributed by atoms with Crippen LogP contribution in [0, 0.1) is 0 Å². The number of hydrogen-bond donors (Lipinski definition) is 2. The van der Waals surface area contributed by atoms with Crippen LogP contribution in [0.25, 0.3) is 0 Å². The topological polar surface area (TPSA) is 48.1 Å². The normalized spacial score (nSPS) is 17.9. The van der Waals surface area contributed by atoms with E-state index in [-0.39, 0.29) is 12.1 Å². The molecule has 0 radical (unpaired) electrons. The van der Waals surface area contributed by atoms with Crippen LogP contribution in [0.2, 0.25) is 0 Å². The van der Waals surface area contributed by atoms with Gasteiger partial charge in [0.05, 0.1) is 6.04 Å². The summed E-state index contributed by atoms with van der Waals surface area (Å²) in [5.74, 6) is 0. The fourth-order valence-electron chi connectivity index (χ4n) is 2.94. The summed E-state index contributed by atoms with van der Waals surface area (Å²) in [6, 6.07) is 14.5. The van der Waals surface area contributed by atoms with E-state index in [1.807, 2.05) is 35.4 Å². The van der Waals surface area contributed by atoms with E-state index in [9.17, 15) is 4.79 Å². The number of nitrogens with zero attached hydrogens (tertiary/aromatic N) is 1. The summed E-state index contributed by atoms with van der Waals surface area (Å²) in [6.45, 7) is 1.51. The van der Waals surface area contributed by atoms with E-state index in [0.717, 1.165) is 31.5 Å². The monoisotopic (exact) mass is 283 g/mol. The first kappa shape index (κ1) is 13.7. The molecule has 2 amide bonds. The van der Waals surface area contributed by atoms with Crippen LogP contribution >= 0.6 is 0 Å². The van der Waals surface area contributed by atoms with Crippen molar-refractivity contribution in [2.75, 3.05) is 13.1 Å². The smallest absolute Gasteiger partial charge is 0.317 e. The summed E-state index contributed by atoms with van der Waals surface area (Å²) in [5, 5.41) is 3.04. The molecule has 1 aliphatic rings. The number of aromatic nitrogens is 1. The minimum Gasteiger partial charge on any atom is -0.363 e. The number of nitrogens with one attached hydrogen (secondary N) is 2. The van der Waals surface area contributed by atoms with Crippen molar-refractivity contribution in [3.05, 3.63) is 59.9 Å². The minimum atomic E-state index is 0.0445. The summed E-state index contributed by atoms with van der Waals surface area (Å²) < 4.78 is 0.